The predicted octanol–water partition coefficient (Wildman–Crippen LogP) is 1.23. The van der Waals surface area contributed by atoms with E-state index in [1.165, 1.54) is 0 Å². The Labute approximate surface area is 72.5 Å². The lowest BCUT2D eigenvalue weighted by atomic mass is 10.3. The summed E-state index contributed by atoms with van der Waals surface area (Å²) in [7, 11) is 0. The molecular weight excluding hydrogens is 162 g/mol. The molecule has 1 atom stereocenters. The predicted molar refractivity (Wildman–Crippen MR) is 46.6 cm³/mol. The average Bonchev–Trinajstić information content (AvgIpc) is 1.88. The molecule has 1 unspecified atom stereocenters. The van der Waals surface area contributed by atoms with Gasteiger partial charge in [0.1, 0.15) is 0 Å². The molecule has 11 heavy (non-hydrogen) atoms. The molecule has 62 valence electrons. The number of nitrogens with two attached hydrogens (primary N) is 1. The summed E-state index contributed by atoms with van der Waals surface area (Å²) in [4.78, 5) is 8.15. The Morgan fingerprint density at radius 2 is 2.00 bits per heavy atom. The Morgan fingerprint density at radius 1 is 1.36 bits per heavy atom. The van der Waals surface area contributed by atoms with Crippen molar-refractivity contribution < 1.29 is 0 Å². The van der Waals surface area contributed by atoms with Crippen LogP contribution in [0.3, 0.4) is 0 Å². The molecule has 0 fully saturated rings. The lowest BCUT2D eigenvalue weighted by Gasteiger charge is -2.01. The summed E-state index contributed by atoms with van der Waals surface area (Å²) < 4.78 is 0. The van der Waals surface area contributed by atoms with Crippen molar-refractivity contribution >= 4 is 12.4 Å². The zero-order chi connectivity index (χ0) is 7.56. The molecule has 0 spiro atoms. The van der Waals surface area contributed by atoms with E-state index in [1.807, 2.05) is 13.8 Å². The Bertz CT molecular complexity index is 207. The van der Waals surface area contributed by atoms with Crippen molar-refractivity contribution in [3.63, 3.8) is 0 Å². The topological polar surface area (TPSA) is 51.8 Å². The number of aryl methyl sites for hydroxylation is 1. The highest BCUT2D eigenvalue weighted by Gasteiger charge is 1.98. The second-order valence-corrected chi connectivity index (χ2v) is 2.37. The van der Waals surface area contributed by atoms with Gasteiger partial charge < -0.3 is 5.73 Å². The van der Waals surface area contributed by atoms with E-state index in [4.69, 9.17) is 5.73 Å². The van der Waals surface area contributed by atoms with Gasteiger partial charge in [-0.2, -0.15) is 0 Å². The minimum absolute atomic E-state index is 0. The summed E-state index contributed by atoms with van der Waals surface area (Å²) in [6, 6.07) is -0.0203. The van der Waals surface area contributed by atoms with Crippen LogP contribution in [0.15, 0.2) is 12.4 Å². The number of halogens is 1. The first-order valence-electron chi connectivity index (χ1n) is 3.24. The number of hydrogen-bond acceptors (Lipinski definition) is 3. The molecule has 1 aromatic rings. The molecule has 0 radical (unpaired) electrons. The highest BCUT2D eigenvalue weighted by atomic mass is 35.5. The molecule has 1 aromatic heterocycles. The van der Waals surface area contributed by atoms with Crippen LogP contribution in [0.2, 0.25) is 0 Å². The van der Waals surface area contributed by atoms with Gasteiger partial charge in [0.2, 0.25) is 0 Å². The minimum atomic E-state index is -0.0203. The van der Waals surface area contributed by atoms with Crippen LogP contribution >= 0.6 is 12.4 Å². The highest BCUT2D eigenvalue weighted by molar-refractivity contribution is 5.85. The summed E-state index contributed by atoms with van der Waals surface area (Å²) in [5.74, 6) is 0. The third-order valence-corrected chi connectivity index (χ3v) is 1.27. The first-order valence-corrected chi connectivity index (χ1v) is 3.24. The van der Waals surface area contributed by atoms with Crippen molar-refractivity contribution in [2.75, 3.05) is 0 Å². The van der Waals surface area contributed by atoms with Crippen LogP contribution in [0.1, 0.15) is 24.4 Å². The van der Waals surface area contributed by atoms with Gasteiger partial charge >= 0.3 is 0 Å². The number of rotatable bonds is 1. The maximum absolute atomic E-state index is 5.56. The van der Waals surface area contributed by atoms with Gasteiger partial charge in [-0.25, -0.2) is 0 Å². The Kier molecular flexibility index (Phi) is 4.00. The summed E-state index contributed by atoms with van der Waals surface area (Å²) in [6.45, 7) is 3.79. The Hall–Kier alpha value is -0.670. The van der Waals surface area contributed by atoms with Crippen LogP contribution < -0.4 is 5.73 Å². The van der Waals surface area contributed by atoms with Gasteiger partial charge in [-0.3, -0.25) is 9.97 Å². The van der Waals surface area contributed by atoms with E-state index in [1.54, 1.807) is 12.4 Å². The third-order valence-electron chi connectivity index (χ3n) is 1.27. The zero-order valence-corrected chi connectivity index (χ0v) is 7.43. The molecule has 3 nitrogen and oxygen atoms in total. The summed E-state index contributed by atoms with van der Waals surface area (Å²) in [5.41, 5.74) is 7.32. The van der Waals surface area contributed by atoms with Crippen molar-refractivity contribution in [1.82, 2.24) is 9.97 Å². The monoisotopic (exact) mass is 173 g/mol. The van der Waals surface area contributed by atoms with E-state index in [0.29, 0.717) is 0 Å². The van der Waals surface area contributed by atoms with Crippen molar-refractivity contribution in [3.8, 4) is 0 Å². The number of nitrogens with zero attached hydrogens (tertiary/aromatic N) is 2. The third kappa shape index (κ3) is 2.82. The SMILES string of the molecule is Cc1cnc(C(C)N)cn1.Cl. The molecule has 0 aromatic carbocycles. The van der Waals surface area contributed by atoms with E-state index >= 15 is 0 Å². The fourth-order valence-corrected chi connectivity index (χ4v) is 0.638. The van der Waals surface area contributed by atoms with Crippen LogP contribution in [-0.4, -0.2) is 9.97 Å². The van der Waals surface area contributed by atoms with Crippen LogP contribution in [0.4, 0.5) is 0 Å². The largest absolute Gasteiger partial charge is 0.323 e. The van der Waals surface area contributed by atoms with Crippen molar-refractivity contribution in [3.05, 3.63) is 23.8 Å². The van der Waals surface area contributed by atoms with Crippen molar-refractivity contribution in [2.45, 2.75) is 19.9 Å². The maximum atomic E-state index is 5.56. The highest BCUT2D eigenvalue weighted by Crippen LogP contribution is 2.02. The Balaban J connectivity index is 0.000001000. The van der Waals surface area contributed by atoms with Gasteiger partial charge in [0.05, 0.1) is 17.6 Å². The smallest absolute Gasteiger partial charge is 0.0751 e. The molecule has 1 heterocycles. The number of aromatic nitrogens is 2. The minimum Gasteiger partial charge on any atom is -0.323 e. The van der Waals surface area contributed by atoms with Crippen molar-refractivity contribution in [1.29, 1.82) is 0 Å². The lowest BCUT2D eigenvalue weighted by molar-refractivity contribution is 0.769. The van der Waals surface area contributed by atoms with Gasteiger partial charge in [0.25, 0.3) is 0 Å². The second kappa shape index (κ2) is 4.26. The van der Waals surface area contributed by atoms with Crippen LogP contribution in [-0.2, 0) is 0 Å². The van der Waals surface area contributed by atoms with E-state index < -0.39 is 0 Å². The molecule has 0 saturated carbocycles. The maximum Gasteiger partial charge on any atom is 0.0751 e. The quantitative estimate of drug-likeness (QED) is 0.695. The first kappa shape index (κ1) is 10.3. The molecule has 0 bridgehead atoms. The van der Waals surface area contributed by atoms with Crippen LogP contribution in [0, 0.1) is 6.92 Å². The van der Waals surface area contributed by atoms with E-state index in [0.717, 1.165) is 11.4 Å². The molecule has 0 amide bonds. The number of hydrogen-bond donors (Lipinski definition) is 1. The Morgan fingerprint density at radius 3 is 2.36 bits per heavy atom. The standard InChI is InChI=1S/C7H11N3.ClH/c1-5-3-10-7(4-9-5)6(2)8;/h3-4,6H,8H2,1-2H3;1H. The summed E-state index contributed by atoms with van der Waals surface area (Å²) in [6.07, 6.45) is 3.43. The van der Waals surface area contributed by atoms with Crippen LogP contribution in [0.25, 0.3) is 0 Å². The van der Waals surface area contributed by atoms with Crippen LogP contribution in [0.5, 0.6) is 0 Å². The molecule has 0 aliphatic rings. The van der Waals surface area contributed by atoms with E-state index in [2.05, 4.69) is 9.97 Å². The molecule has 1 rings (SSSR count). The lowest BCUT2D eigenvalue weighted by Crippen LogP contribution is -2.07. The molecule has 0 aliphatic heterocycles. The van der Waals surface area contributed by atoms with Gasteiger partial charge in [-0.05, 0) is 13.8 Å². The molecule has 4 heteroatoms. The van der Waals surface area contributed by atoms with Crippen molar-refractivity contribution in [2.24, 2.45) is 5.73 Å². The molecule has 0 saturated heterocycles. The molecule has 0 aliphatic carbocycles. The van der Waals surface area contributed by atoms with Gasteiger partial charge in [0.15, 0.2) is 0 Å². The second-order valence-electron chi connectivity index (χ2n) is 2.37. The van der Waals surface area contributed by atoms with E-state index in [-0.39, 0.29) is 18.4 Å². The average molecular weight is 174 g/mol. The summed E-state index contributed by atoms with van der Waals surface area (Å²) >= 11 is 0. The molecule has 2 N–H and O–H groups in total. The molecular formula is C7H12ClN3. The fraction of sp³-hybridized carbons (Fsp3) is 0.429. The van der Waals surface area contributed by atoms with Gasteiger partial charge in [-0.1, -0.05) is 0 Å². The van der Waals surface area contributed by atoms with E-state index in [9.17, 15) is 0 Å². The summed E-state index contributed by atoms with van der Waals surface area (Å²) in [5, 5.41) is 0. The normalized spacial score (nSPS) is 11.9. The van der Waals surface area contributed by atoms with Gasteiger partial charge in [-0.15, -0.1) is 12.4 Å². The van der Waals surface area contributed by atoms with Gasteiger partial charge in [0, 0.05) is 12.2 Å². The first-order chi connectivity index (χ1) is 4.70. The fourth-order valence-electron chi connectivity index (χ4n) is 0.638. The zero-order valence-electron chi connectivity index (χ0n) is 6.61.